The number of aryl methyl sites for hydroxylation is 5. The van der Waals surface area contributed by atoms with Gasteiger partial charge in [-0.3, -0.25) is 9.20 Å². The third-order valence-corrected chi connectivity index (χ3v) is 9.58. The number of nitrogens with zero attached hydrogens (tertiary/aromatic N) is 3. The van der Waals surface area contributed by atoms with Crippen molar-refractivity contribution in [2.75, 3.05) is 0 Å². The molecule has 0 N–H and O–H groups in total. The summed E-state index contributed by atoms with van der Waals surface area (Å²) in [5, 5.41) is 3.04. The van der Waals surface area contributed by atoms with Crippen molar-refractivity contribution in [3.8, 4) is 33.4 Å². The van der Waals surface area contributed by atoms with Crippen molar-refractivity contribution in [1.29, 1.82) is 0 Å². The topological polar surface area (TPSA) is 38.7 Å². The van der Waals surface area contributed by atoms with E-state index >= 15 is 0 Å². The van der Waals surface area contributed by atoms with Crippen LogP contribution in [0, 0.1) is 41.2 Å². The van der Waals surface area contributed by atoms with Crippen LogP contribution < -0.4 is 5.56 Å². The van der Waals surface area contributed by atoms with Crippen molar-refractivity contribution >= 4 is 43.9 Å². The molecule has 8 rings (SSSR count). The molecular formula is C42H31N3O. The zero-order valence-corrected chi connectivity index (χ0v) is 26.5. The highest BCUT2D eigenvalue weighted by molar-refractivity contribution is 6.23. The molecule has 0 fully saturated rings. The molecule has 0 aliphatic heterocycles. The number of hydrogen-bond acceptors (Lipinski definition) is 2. The highest BCUT2D eigenvalue weighted by Crippen LogP contribution is 2.43. The number of fused-ring (bicyclic) bond motifs is 4. The van der Waals surface area contributed by atoms with Gasteiger partial charge in [0.1, 0.15) is 5.65 Å². The van der Waals surface area contributed by atoms with Crippen molar-refractivity contribution in [3.05, 3.63) is 147 Å². The lowest BCUT2D eigenvalue weighted by molar-refractivity contribution is 1.19. The molecule has 0 saturated heterocycles. The highest BCUT2D eigenvalue weighted by atomic mass is 16.1. The predicted octanol–water partition coefficient (Wildman–Crippen LogP) is 10.7. The maximum Gasteiger partial charge on any atom is 0.264 e. The molecule has 0 aliphatic carbocycles. The molecule has 0 spiro atoms. The molecule has 0 unspecified atom stereocenters. The second-order valence-electron chi connectivity index (χ2n) is 12.5. The summed E-state index contributed by atoms with van der Waals surface area (Å²) in [5.74, 6) is 0. The van der Waals surface area contributed by atoms with Gasteiger partial charge in [0, 0.05) is 16.3 Å². The Morgan fingerprint density at radius 3 is 1.91 bits per heavy atom. The van der Waals surface area contributed by atoms with E-state index < -0.39 is 0 Å². The number of rotatable bonds is 3. The molecule has 2 aromatic heterocycles. The van der Waals surface area contributed by atoms with Crippen LogP contribution in [0.15, 0.2) is 102 Å². The van der Waals surface area contributed by atoms with Crippen LogP contribution in [0.5, 0.6) is 0 Å². The van der Waals surface area contributed by atoms with Crippen LogP contribution in [0.1, 0.15) is 27.8 Å². The van der Waals surface area contributed by atoms with Gasteiger partial charge in [-0.2, -0.15) is 0 Å². The van der Waals surface area contributed by atoms with Gasteiger partial charge in [0.15, 0.2) is 5.69 Å². The second-order valence-corrected chi connectivity index (χ2v) is 12.5. The predicted molar refractivity (Wildman–Crippen MR) is 191 cm³/mol. The highest BCUT2D eigenvalue weighted by Gasteiger charge is 2.23. The van der Waals surface area contributed by atoms with Gasteiger partial charge in [-0.05, 0) is 108 Å². The summed E-state index contributed by atoms with van der Waals surface area (Å²) in [6, 6.07) is 33.2. The van der Waals surface area contributed by atoms with E-state index in [9.17, 15) is 4.79 Å². The molecule has 0 bridgehead atoms. The first-order chi connectivity index (χ1) is 22.3. The Morgan fingerprint density at radius 2 is 1.26 bits per heavy atom. The fourth-order valence-electron chi connectivity index (χ4n) is 7.44. The summed E-state index contributed by atoms with van der Waals surface area (Å²) >= 11 is 0. The van der Waals surface area contributed by atoms with Crippen LogP contribution >= 0.6 is 0 Å². The van der Waals surface area contributed by atoms with E-state index in [1.807, 2.05) is 6.07 Å². The molecule has 6 aromatic carbocycles. The van der Waals surface area contributed by atoms with Crippen molar-refractivity contribution in [3.63, 3.8) is 0 Å². The standard InChI is InChI=1S/C42H31N3O/c1-23-13-15-28(16-14-23)30-17-18-31-38-32(19-20-34(43-6)39(30)38)42(46)45-35-22-29(36-24(2)9-7-10-25(36)3)21-33(40(35)44-41(31)45)37-26(4)11-8-12-27(37)5/h7-22H,1-5H3. The minimum absolute atomic E-state index is 0.126. The monoisotopic (exact) mass is 593 g/mol. The average Bonchev–Trinajstić information content (AvgIpc) is 3.43. The Bertz CT molecular complexity index is 2610. The molecule has 0 amide bonds. The molecule has 0 atom stereocenters. The van der Waals surface area contributed by atoms with Crippen LogP contribution in [0.4, 0.5) is 5.69 Å². The third-order valence-electron chi connectivity index (χ3n) is 9.58. The van der Waals surface area contributed by atoms with E-state index in [-0.39, 0.29) is 5.56 Å². The number of imidazole rings is 1. The van der Waals surface area contributed by atoms with E-state index in [1.165, 1.54) is 22.3 Å². The Kier molecular flexibility index (Phi) is 6.10. The lowest BCUT2D eigenvalue weighted by Gasteiger charge is -2.15. The molecule has 220 valence electrons. The molecule has 46 heavy (non-hydrogen) atoms. The Balaban J connectivity index is 1.57. The smallest absolute Gasteiger partial charge is 0.264 e. The zero-order chi connectivity index (χ0) is 31.9. The van der Waals surface area contributed by atoms with Gasteiger partial charge in [0.2, 0.25) is 0 Å². The van der Waals surface area contributed by atoms with Crippen LogP contribution in [0.3, 0.4) is 0 Å². The van der Waals surface area contributed by atoms with Crippen LogP contribution in [0.25, 0.3) is 76.5 Å². The maximum absolute atomic E-state index is 14.7. The first-order valence-electron chi connectivity index (χ1n) is 15.6. The van der Waals surface area contributed by atoms with E-state index in [2.05, 4.69) is 124 Å². The van der Waals surface area contributed by atoms with Crippen molar-refractivity contribution < 1.29 is 0 Å². The van der Waals surface area contributed by atoms with Crippen LogP contribution in [0.2, 0.25) is 0 Å². The average molecular weight is 594 g/mol. The van der Waals surface area contributed by atoms with Crippen LogP contribution in [-0.4, -0.2) is 9.38 Å². The first-order valence-corrected chi connectivity index (χ1v) is 15.6. The normalized spacial score (nSPS) is 11.7. The van der Waals surface area contributed by atoms with Crippen molar-refractivity contribution in [2.45, 2.75) is 34.6 Å². The molecular weight excluding hydrogens is 562 g/mol. The fourth-order valence-corrected chi connectivity index (χ4v) is 7.44. The number of pyridine rings is 1. The minimum atomic E-state index is -0.126. The van der Waals surface area contributed by atoms with Gasteiger partial charge in [-0.15, -0.1) is 0 Å². The molecule has 0 saturated carbocycles. The van der Waals surface area contributed by atoms with Gasteiger partial charge < -0.3 is 0 Å². The van der Waals surface area contributed by atoms with Crippen molar-refractivity contribution in [1.82, 2.24) is 9.38 Å². The second kappa shape index (κ2) is 10.1. The molecule has 4 nitrogen and oxygen atoms in total. The van der Waals surface area contributed by atoms with Gasteiger partial charge in [-0.25, -0.2) is 9.83 Å². The number of aromatic nitrogens is 2. The maximum atomic E-state index is 14.7. The molecule has 0 radical (unpaired) electrons. The van der Waals surface area contributed by atoms with E-state index in [1.54, 1.807) is 10.5 Å². The van der Waals surface area contributed by atoms with Crippen LogP contribution in [-0.2, 0) is 0 Å². The first kappa shape index (κ1) is 27.7. The molecule has 4 heteroatoms. The largest absolute Gasteiger partial charge is 0.268 e. The Morgan fingerprint density at radius 1 is 0.630 bits per heavy atom. The lowest BCUT2D eigenvalue weighted by atomic mass is 9.89. The van der Waals surface area contributed by atoms with Gasteiger partial charge in [0.05, 0.1) is 17.6 Å². The summed E-state index contributed by atoms with van der Waals surface area (Å²) in [5.41, 5.74) is 14.8. The summed E-state index contributed by atoms with van der Waals surface area (Å²) in [4.78, 5) is 23.9. The molecule has 2 heterocycles. The van der Waals surface area contributed by atoms with Gasteiger partial charge >= 0.3 is 0 Å². The lowest BCUT2D eigenvalue weighted by Crippen LogP contribution is -2.13. The summed E-state index contributed by atoms with van der Waals surface area (Å²) in [6.45, 7) is 18.7. The van der Waals surface area contributed by atoms with E-state index in [4.69, 9.17) is 11.6 Å². The Labute approximate surface area is 267 Å². The zero-order valence-electron chi connectivity index (χ0n) is 26.5. The summed E-state index contributed by atoms with van der Waals surface area (Å²) in [7, 11) is 0. The summed E-state index contributed by atoms with van der Waals surface area (Å²) in [6.07, 6.45) is 0. The Hall–Kier alpha value is -5.79. The van der Waals surface area contributed by atoms with E-state index in [0.29, 0.717) is 16.7 Å². The quantitative estimate of drug-likeness (QED) is 0.191. The third kappa shape index (κ3) is 3.92. The van der Waals surface area contributed by atoms with Gasteiger partial charge in [-0.1, -0.05) is 90.5 Å². The van der Waals surface area contributed by atoms with E-state index in [0.717, 1.165) is 66.1 Å². The fraction of sp³-hybridized carbons (Fsp3) is 0.119. The number of benzene rings is 6. The van der Waals surface area contributed by atoms with Crippen molar-refractivity contribution in [2.24, 2.45) is 0 Å². The number of hydrogen-bond donors (Lipinski definition) is 0. The molecule has 0 aliphatic rings. The SMILES string of the molecule is [C-]#[N+]c1ccc2c(=O)n3c4cc(-c5c(C)cccc5C)cc(-c5c(C)cccc5C)c4nc3c3ccc(-c4ccc(C)cc4)c1c23. The molecule has 8 aromatic rings. The summed E-state index contributed by atoms with van der Waals surface area (Å²) < 4.78 is 1.80. The van der Waals surface area contributed by atoms with Gasteiger partial charge in [0.25, 0.3) is 5.56 Å². The minimum Gasteiger partial charge on any atom is -0.268 e.